The standard InChI is InChI=1S/C11H17N3O3S/c1-2-12-11-9-10(3-4-13-11)18(15,16)14-5-7-17-8-6-14/h3-4,9H,2,5-8H2,1H3,(H,12,13). The summed E-state index contributed by atoms with van der Waals surface area (Å²) in [5.74, 6) is 0.576. The fraction of sp³-hybridized carbons (Fsp3) is 0.545. The van der Waals surface area contributed by atoms with Gasteiger partial charge in [0.15, 0.2) is 0 Å². The Hall–Kier alpha value is -1.18. The Morgan fingerprint density at radius 3 is 2.83 bits per heavy atom. The molecule has 0 radical (unpaired) electrons. The Kier molecular flexibility index (Phi) is 4.15. The summed E-state index contributed by atoms with van der Waals surface area (Å²) in [7, 11) is -3.43. The van der Waals surface area contributed by atoms with Crippen molar-refractivity contribution < 1.29 is 13.2 Å². The summed E-state index contributed by atoms with van der Waals surface area (Å²) in [5.41, 5.74) is 0. The SMILES string of the molecule is CCNc1cc(S(=O)(=O)N2CCOCC2)ccn1. The molecule has 18 heavy (non-hydrogen) atoms. The first-order chi connectivity index (χ1) is 8.64. The monoisotopic (exact) mass is 271 g/mol. The molecule has 0 amide bonds. The van der Waals surface area contributed by atoms with Crippen LogP contribution >= 0.6 is 0 Å². The summed E-state index contributed by atoms with van der Waals surface area (Å²) < 4.78 is 31.3. The first-order valence-electron chi connectivity index (χ1n) is 5.92. The maximum atomic E-state index is 12.4. The summed E-state index contributed by atoms with van der Waals surface area (Å²) in [6.07, 6.45) is 1.51. The Labute approximate surface area is 107 Å². The Bertz CT molecular complexity index is 498. The Morgan fingerprint density at radius 2 is 2.17 bits per heavy atom. The second-order valence-electron chi connectivity index (χ2n) is 3.92. The zero-order valence-corrected chi connectivity index (χ0v) is 11.1. The number of nitrogens with zero attached hydrogens (tertiary/aromatic N) is 2. The maximum absolute atomic E-state index is 12.4. The van der Waals surface area contributed by atoms with Gasteiger partial charge in [-0.15, -0.1) is 0 Å². The Morgan fingerprint density at radius 1 is 1.44 bits per heavy atom. The molecule has 1 saturated heterocycles. The van der Waals surface area contributed by atoms with Gasteiger partial charge in [-0.3, -0.25) is 0 Å². The summed E-state index contributed by atoms with van der Waals surface area (Å²) in [6.45, 7) is 4.34. The smallest absolute Gasteiger partial charge is 0.243 e. The van der Waals surface area contributed by atoms with E-state index in [4.69, 9.17) is 4.74 Å². The molecule has 1 aromatic heterocycles. The maximum Gasteiger partial charge on any atom is 0.243 e. The van der Waals surface area contributed by atoms with Gasteiger partial charge >= 0.3 is 0 Å². The number of hydrogen-bond acceptors (Lipinski definition) is 5. The molecule has 1 aliphatic rings. The van der Waals surface area contributed by atoms with Crippen LogP contribution in [0.15, 0.2) is 23.2 Å². The average molecular weight is 271 g/mol. The van der Waals surface area contributed by atoms with E-state index in [1.165, 1.54) is 16.6 Å². The number of anilines is 1. The van der Waals surface area contributed by atoms with Gasteiger partial charge in [0.1, 0.15) is 5.82 Å². The lowest BCUT2D eigenvalue weighted by atomic mass is 10.4. The summed E-state index contributed by atoms with van der Waals surface area (Å²) >= 11 is 0. The van der Waals surface area contributed by atoms with Gasteiger partial charge in [-0.2, -0.15) is 4.31 Å². The molecule has 0 saturated carbocycles. The van der Waals surface area contributed by atoms with Gasteiger partial charge in [0, 0.05) is 31.9 Å². The lowest BCUT2D eigenvalue weighted by molar-refractivity contribution is 0.0730. The fourth-order valence-electron chi connectivity index (χ4n) is 1.79. The van der Waals surface area contributed by atoms with E-state index in [-0.39, 0.29) is 4.90 Å². The van der Waals surface area contributed by atoms with Crippen molar-refractivity contribution in [3.8, 4) is 0 Å². The summed E-state index contributed by atoms with van der Waals surface area (Å²) in [6, 6.07) is 3.08. The number of sulfonamides is 1. The van der Waals surface area contributed by atoms with Crippen LogP contribution in [-0.4, -0.2) is 50.6 Å². The van der Waals surface area contributed by atoms with Crippen LogP contribution in [0.3, 0.4) is 0 Å². The molecule has 1 fully saturated rings. The van der Waals surface area contributed by atoms with Gasteiger partial charge in [0.05, 0.1) is 18.1 Å². The van der Waals surface area contributed by atoms with E-state index in [9.17, 15) is 8.42 Å². The number of rotatable bonds is 4. The molecule has 0 unspecified atom stereocenters. The van der Waals surface area contributed by atoms with Gasteiger partial charge in [0.2, 0.25) is 10.0 Å². The highest BCUT2D eigenvalue weighted by Crippen LogP contribution is 2.18. The van der Waals surface area contributed by atoms with Crippen LogP contribution < -0.4 is 5.32 Å². The van der Waals surface area contributed by atoms with E-state index in [1.807, 2.05) is 6.92 Å². The molecule has 0 spiro atoms. The van der Waals surface area contributed by atoms with Crippen molar-refractivity contribution in [2.24, 2.45) is 0 Å². The minimum Gasteiger partial charge on any atom is -0.379 e. The first kappa shape index (κ1) is 13.3. The first-order valence-corrected chi connectivity index (χ1v) is 7.36. The van der Waals surface area contributed by atoms with Crippen molar-refractivity contribution in [3.05, 3.63) is 18.3 Å². The molecule has 1 N–H and O–H groups in total. The molecular weight excluding hydrogens is 254 g/mol. The lowest BCUT2D eigenvalue weighted by Crippen LogP contribution is -2.40. The van der Waals surface area contributed by atoms with Crippen LogP contribution in [-0.2, 0) is 14.8 Å². The van der Waals surface area contributed by atoms with Crippen molar-refractivity contribution >= 4 is 15.8 Å². The van der Waals surface area contributed by atoms with E-state index in [2.05, 4.69) is 10.3 Å². The van der Waals surface area contributed by atoms with Crippen molar-refractivity contribution in [2.45, 2.75) is 11.8 Å². The second-order valence-corrected chi connectivity index (χ2v) is 5.86. The van der Waals surface area contributed by atoms with Gasteiger partial charge in [-0.25, -0.2) is 13.4 Å². The molecule has 0 atom stereocenters. The molecule has 0 aliphatic carbocycles. The summed E-state index contributed by atoms with van der Waals surface area (Å²) in [4.78, 5) is 4.34. The third-order valence-corrected chi connectivity index (χ3v) is 4.59. The third kappa shape index (κ3) is 2.80. The second kappa shape index (κ2) is 5.64. The lowest BCUT2D eigenvalue weighted by Gasteiger charge is -2.26. The van der Waals surface area contributed by atoms with Crippen LogP contribution in [0, 0.1) is 0 Å². The molecular formula is C11H17N3O3S. The predicted octanol–water partition coefficient (Wildman–Crippen LogP) is 0.534. The van der Waals surface area contributed by atoms with Gasteiger partial charge < -0.3 is 10.1 Å². The zero-order valence-electron chi connectivity index (χ0n) is 10.3. The minimum absolute atomic E-state index is 0.273. The zero-order chi connectivity index (χ0) is 13.0. The molecule has 7 heteroatoms. The highest BCUT2D eigenvalue weighted by atomic mass is 32.2. The van der Waals surface area contributed by atoms with E-state index in [1.54, 1.807) is 6.07 Å². The third-order valence-electron chi connectivity index (χ3n) is 2.70. The summed E-state index contributed by atoms with van der Waals surface area (Å²) in [5, 5.41) is 3.00. The van der Waals surface area contributed by atoms with Gasteiger partial charge in [-0.1, -0.05) is 0 Å². The topological polar surface area (TPSA) is 71.5 Å². The van der Waals surface area contributed by atoms with Gasteiger partial charge in [-0.05, 0) is 13.0 Å². The van der Waals surface area contributed by atoms with Crippen LogP contribution in [0.2, 0.25) is 0 Å². The predicted molar refractivity (Wildman–Crippen MR) is 68.0 cm³/mol. The molecule has 2 heterocycles. The number of pyridine rings is 1. The van der Waals surface area contributed by atoms with Crippen molar-refractivity contribution in [1.82, 2.24) is 9.29 Å². The van der Waals surface area contributed by atoms with Crippen LogP contribution in [0.4, 0.5) is 5.82 Å². The molecule has 0 aromatic carbocycles. The van der Waals surface area contributed by atoms with Crippen molar-refractivity contribution in [3.63, 3.8) is 0 Å². The van der Waals surface area contributed by atoms with E-state index in [0.717, 1.165) is 0 Å². The van der Waals surface area contributed by atoms with Crippen molar-refractivity contribution in [2.75, 3.05) is 38.2 Å². The van der Waals surface area contributed by atoms with Crippen LogP contribution in [0.25, 0.3) is 0 Å². The number of ether oxygens (including phenoxy) is 1. The number of nitrogens with one attached hydrogen (secondary N) is 1. The van der Waals surface area contributed by atoms with E-state index in [0.29, 0.717) is 38.7 Å². The largest absolute Gasteiger partial charge is 0.379 e. The van der Waals surface area contributed by atoms with Crippen molar-refractivity contribution in [1.29, 1.82) is 0 Å². The molecule has 0 bridgehead atoms. The molecule has 100 valence electrons. The highest BCUT2D eigenvalue weighted by molar-refractivity contribution is 7.89. The number of morpholine rings is 1. The van der Waals surface area contributed by atoms with Crippen LogP contribution in [0.1, 0.15) is 6.92 Å². The highest BCUT2D eigenvalue weighted by Gasteiger charge is 2.26. The molecule has 1 aromatic rings. The fourth-order valence-corrected chi connectivity index (χ4v) is 3.21. The minimum atomic E-state index is -3.43. The van der Waals surface area contributed by atoms with E-state index < -0.39 is 10.0 Å². The quantitative estimate of drug-likeness (QED) is 0.865. The van der Waals surface area contributed by atoms with E-state index >= 15 is 0 Å². The molecule has 2 rings (SSSR count). The molecule has 1 aliphatic heterocycles. The Balaban J connectivity index is 2.25. The van der Waals surface area contributed by atoms with Crippen LogP contribution in [0.5, 0.6) is 0 Å². The molecule has 6 nitrogen and oxygen atoms in total. The number of hydrogen-bond donors (Lipinski definition) is 1. The van der Waals surface area contributed by atoms with Gasteiger partial charge in [0.25, 0.3) is 0 Å². The number of aromatic nitrogens is 1. The average Bonchev–Trinajstić information content (AvgIpc) is 2.40. The normalized spacial score (nSPS) is 17.6.